The Morgan fingerprint density at radius 1 is 1.31 bits per heavy atom. The second-order valence-electron chi connectivity index (χ2n) is 4.54. The van der Waals surface area contributed by atoms with Crippen LogP contribution in [0.3, 0.4) is 0 Å². The lowest BCUT2D eigenvalue weighted by Gasteiger charge is -2.36. The number of nitriles is 1. The Morgan fingerprint density at radius 3 is 2.62 bits per heavy atom. The molecule has 1 atom stereocenters. The van der Waals surface area contributed by atoms with E-state index in [1.54, 1.807) is 0 Å². The van der Waals surface area contributed by atoms with E-state index in [1.807, 2.05) is 0 Å². The van der Waals surface area contributed by atoms with Gasteiger partial charge in [0.1, 0.15) is 0 Å². The molecule has 0 amide bonds. The summed E-state index contributed by atoms with van der Waals surface area (Å²) >= 11 is 0. The van der Waals surface area contributed by atoms with Gasteiger partial charge in [-0.15, -0.1) is 0 Å². The number of ether oxygens (including phenoxy) is 1. The van der Waals surface area contributed by atoms with Crippen LogP contribution in [-0.2, 0) is 4.74 Å². The van der Waals surface area contributed by atoms with Crippen molar-refractivity contribution in [1.29, 1.82) is 5.26 Å². The fourth-order valence-corrected chi connectivity index (χ4v) is 2.70. The minimum absolute atomic E-state index is 0.233. The maximum Gasteiger partial charge on any atom is 0.0705 e. The molecule has 0 bridgehead atoms. The normalized spacial score (nSPS) is 31.8. The lowest BCUT2D eigenvalue weighted by atomic mass is 9.79. The summed E-state index contributed by atoms with van der Waals surface area (Å²) in [6.45, 7) is 0.916. The van der Waals surface area contributed by atoms with E-state index in [1.165, 1.54) is 32.1 Å². The monoisotopic (exact) mass is 179 g/mol. The standard InChI is InChI=1S/C11H17NO/c12-8-4-10-3-7-11(9-13-10)5-1-2-6-11/h10H,1-7,9H2. The van der Waals surface area contributed by atoms with Gasteiger partial charge in [-0.25, -0.2) is 0 Å². The molecular formula is C11H17NO. The van der Waals surface area contributed by atoms with Gasteiger partial charge in [-0.1, -0.05) is 12.8 Å². The molecule has 1 heterocycles. The first-order valence-corrected chi connectivity index (χ1v) is 5.33. The zero-order valence-corrected chi connectivity index (χ0v) is 8.09. The molecule has 1 aliphatic heterocycles. The van der Waals surface area contributed by atoms with Crippen LogP contribution >= 0.6 is 0 Å². The SMILES string of the molecule is N#CCC1CCC2(CCCC2)CO1. The molecule has 1 saturated heterocycles. The van der Waals surface area contributed by atoms with Crippen molar-refractivity contribution >= 4 is 0 Å². The Labute approximate surface area is 79.9 Å². The molecule has 2 rings (SSSR count). The molecule has 0 radical (unpaired) electrons. The van der Waals surface area contributed by atoms with E-state index in [0.717, 1.165) is 13.0 Å². The van der Waals surface area contributed by atoms with E-state index >= 15 is 0 Å². The van der Waals surface area contributed by atoms with E-state index < -0.39 is 0 Å². The topological polar surface area (TPSA) is 33.0 Å². The largest absolute Gasteiger partial charge is 0.377 e. The highest BCUT2D eigenvalue weighted by Crippen LogP contribution is 2.45. The zero-order valence-electron chi connectivity index (χ0n) is 8.09. The highest BCUT2D eigenvalue weighted by Gasteiger charge is 2.38. The average molecular weight is 179 g/mol. The summed E-state index contributed by atoms with van der Waals surface area (Å²) in [5.74, 6) is 0. The molecule has 0 N–H and O–H groups in total. The lowest BCUT2D eigenvalue weighted by molar-refractivity contribution is -0.0576. The molecule has 1 saturated carbocycles. The third kappa shape index (κ3) is 1.86. The number of hydrogen-bond acceptors (Lipinski definition) is 2. The smallest absolute Gasteiger partial charge is 0.0705 e. The van der Waals surface area contributed by atoms with Gasteiger partial charge in [-0.3, -0.25) is 0 Å². The molecular weight excluding hydrogens is 162 g/mol. The van der Waals surface area contributed by atoms with Gasteiger partial charge in [-0.2, -0.15) is 5.26 Å². The van der Waals surface area contributed by atoms with Crippen molar-refractivity contribution in [2.75, 3.05) is 6.61 Å². The van der Waals surface area contributed by atoms with E-state index in [0.29, 0.717) is 11.8 Å². The molecule has 0 aromatic carbocycles. The van der Waals surface area contributed by atoms with Crippen LogP contribution in [0.2, 0.25) is 0 Å². The van der Waals surface area contributed by atoms with Crippen LogP contribution < -0.4 is 0 Å². The summed E-state index contributed by atoms with van der Waals surface area (Å²) in [5.41, 5.74) is 0.520. The van der Waals surface area contributed by atoms with E-state index in [4.69, 9.17) is 10.00 Å². The van der Waals surface area contributed by atoms with Gasteiger partial charge in [0.2, 0.25) is 0 Å². The highest BCUT2D eigenvalue weighted by molar-refractivity contribution is 4.90. The second-order valence-corrected chi connectivity index (χ2v) is 4.54. The van der Waals surface area contributed by atoms with Gasteiger partial charge in [0.15, 0.2) is 0 Å². The molecule has 0 aromatic rings. The summed E-state index contributed by atoms with van der Waals surface area (Å²) in [4.78, 5) is 0. The number of rotatable bonds is 1. The Hall–Kier alpha value is -0.550. The summed E-state index contributed by atoms with van der Waals surface area (Å²) in [6, 6.07) is 2.19. The Balaban J connectivity index is 1.85. The van der Waals surface area contributed by atoms with E-state index in [2.05, 4.69) is 6.07 Å². The van der Waals surface area contributed by atoms with Gasteiger partial charge in [0.25, 0.3) is 0 Å². The van der Waals surface area contributed by atoms with Crippen LogP contribution in [-0.4, -0.2) is 12.7 Å². The first-order valence-electron chi connectivity index (χ1n) is 5.33. The molecule has 2 heteroatoms. The molecule has 2 fully saturated rings. The maximum atomic E-state index is 8.55. The van der Waals surface area contributed by atoms with Crippen LogP contribution in [0.1, 0.15) is 44.9 Å². The predicted molar refractivity (Wildman–Crippen MR) is 50.1 cm³/mol. The minimum Gasteiger partial charge on any atom is -0.377 e. The van der Waals surface area contributed by atoms with Crippen molar-refractivity contribution in [3.63, 3.8) is 0 Å². The molecule has 1 spiro atoms. The van der Waals surface area contributed by atoms with Crippen LogP contribution in [0.4, 0.5) is 0 Å². The summed E-state index contributed by atoms with van der Waals surface area (Å²) in [7, 11) is 0. The maximum absolute atomic E-state index is 8.55. The molecule has 1 unspecified atom stereocenters. The van der Waals surface area contributed by atoms with Crippen LogP contribution in [0.5, 0.6) is 0 Å². The van der Waals surface area contributed by atoms with E-state index in [-0.39, 0.29) is 6.10 Å². The van der Waals surface area contributed by atoms with E-state index in [9.17, 15) is 0 Å². The molecule has 0 aromatic heterocycles. The van der Waals surface area contributed by atoms with Crippen LogP contribution in [0.15, 0.2) is 0 Å². The summed E-state index contributed by atoms with van der Waals surface area (Å²) in [6.07, 6.45) is 8.68. The van der Waals surface area contributed by atoms with Gasteiger partial charge in [-0.05, 0) is 31.1 Å². The van der Waals surface area contributed by atoms with Crippen molar-refractivity contribution in [1.82, 2.24) is 0 Å². The van der Waals surface area contributed by atoms with Crippen LogP contribution in [0, 0.1) is 16.7 Å². The van der Waals surface area contributed by atoms with Gasteiger partial charge in [0, 0.05) is 0 Å². The van der Waals surface area contributed by atoms with Gasteiger partial charge >= 0.3 is 0 Å². The number of nitrogens with zero attached hydrogens (tertiary/aromatic N) is 1. The first kappa shape index (κ1) is 9.02. The van der Waals surface area contributed by atoms with Crippen molar-refractivity contribution in [3.05, 3.63) is 0 Å². The molecule has 2 nitrogen and oxygen atoms in total. The Bertz CT molecular complexity index is 203. The fraction of sp³-hybridized carbons (Fsp3) is 0.909. The lowest BCUT2D eigenvalue weighted by Crippen LogP contribution is -2.33. The van der Waals surface area contributed by atoms with Gasteiger partial charge < -0.3 is 4.74 Å². The van der Waals surface area contributed by atoms with Crippen LogP contribution in [0.25, 0.3) is 0 Å². The highest BCUT2D eigenvalue weighted by atomic mass is 16.5. The quantitative estimate of drug-likeness (QED) is 0.620. The van der Waals surface area contributed by atoms with Crippen molar-refractivity contribution in [3.8, 4) is 6.07 Å². The molecule has 13 heavy (non-hydrogen) atoms. The van der Waals surface area contributed by atoms with Crippen molar-refractivity contribution in [2.24, 2.45) is 5.41 Å². The third-order valence-corrected chi connectivity index (χ3v) is 3.61. The Kier molecular flexibility index (Phi) is 2.55. The third-order valence-electron chi connectivity index (χ3n) is 3.61. The summed E-state index contributed by atoms with van der Waals surface area (Å²) < 4.78 is 5.73. The second kappa shape index (κ2) is 3.67. The minimum atomic E-state index is 0.233. The zero-order chi connectivity index (χ0) is 9.15. The molecule has 72 valence electrons. The first-order chi connectivity index (χ1) is 6.35. The Morgan fingerprint density at radius 2 is 2.08 bits per heavy atom. The molecule has 2 aliphatic rings. The fourth-order valence-electron chi connectivity index (χ4n) is 2.70. The average Bonchev–Trinajstić information content (AvgIpc) is 2.59. The van der Waals surface area contributed by atoms with Crippen molar-refractivity contribution < 1.29 is 4.74 Å². The number of hydrogen-bond donors (Lipinski definition) is 0. The van der Waals surface area contributed by atoms with Gasteiger partial charge in [0.05, 0.1) is 25.2 Å². The summed E-state index contributed by atoms with van der Waals surface area (Å²) in [5, 5.41) is 8.55. The predicted octanol–water partition coefficient (Wildman–Crippen LogP) is 2.64. The van der Waals surface area contributed by atoms with Crippen molar-refractivity contribution in [2.45, 2.75) is 51.0 Å². The molecule has 1 aliphatic carbocycles.